The van der Waals surface area contributed by atoms with E-state index in [9.17, 15) is 9.59 Å². The summed E-state index contributed by atoms with van der Waals surface area (Å²) in [6.07, 6.45) is 3.11. The van der Waals surface area contributed by atoms with E-state index >= 15 is 0 Å². The molecule has 1 aromatic carbocycles. The Morgan fingerprint density at radius 2 is 1.81 bits per heavy atom. The van der Waals surface area contributed by atoms with Gasteiger partial charge in [0.15, 0.2) is 16.9 Å². The zero-order chi connectivity index (χ0) is 18.4. The second-order valence-corrected chi connectivity index (χ2v) is 6.31. The van der Waals surface area contributed by atoms with Gasteiger partial charge in [-0.25, -0.2) is 14.8 Å². The second kappa shape index (κ2) is 5.99. The van der Waals surface area contributed by atoms with Crippen LogP contribution in [0, 0.1) is 0 Å². The number of aryl methyl sites for hydroxylation is 1. The van der Waals surface area contributed by atoms with Gasteiger partial charge in [-0.1, -0.05) is 11.6 Å². The van der Waals surface area contributed by atoms with E-state index in [1.54, 1.807) is 29.9 Å². The van der Waals surface area contributed by atoms with Crippen molar-refractivity contribution < 1.29 is 4.42 Å². The molecule has 4 rings (SSSR count). The van der Waals surface area contributed by atoms with Crippen LogP contribution < -0.4 is 11.2 Å². The number of benzene rings is 1. The van der Waals surface area contributed by atoms with Gasteiger partial charge >= 0.3 is 5.69 Å². The summed E-state index contributed by atoms with van der Waals surface area (Å²) < 4.78 is 9.78. The molecule has 0 radical (unpaired) electrons. The molecule has 0 fully saturated rings. The minimum atomic E-state index is -0.422. The molecular formula is C17H14ClN5O3. The van der Waals surface area contributed by atoms with Crippen molar-refractivity contribution in [3.05, 3.63) is 68.5 Å². The van der Waals surface area contributed by atoms with Gasteiger partial charge < -0.3 is 8.98 Å². The van der Waals surface area contributed by atoms with Crippen LogP contribution in [0.25, 0.3) is 22.5 Å². The van der Waals surface area contributed by atoms with Crippen LogP contribution in [-0.4, -0.2) is 23.7 Å². The first kappa shape index (κ1) is 16.3. The molecule has 0 unspecified atom stereocenters. The fraction of sp³-hybridized carbons (Fsp3) is 0.176. The third kappa shape index (κ3) is 2.55. The lowest BCUT2D eigenvalue weighted by molar-refractivity contribution is 0.491. The van der Waals surface area contributed by atoms with Crippen LogP contribution in [-0.2, 0) is 20.6 Å². The predicted molar refractivity (Wildman–Crippen MR) is 96.3 cm³/mol. The molecule has 0 amide bonds. The number of fused-ring (bicyclic) bond motifs is 1. The molecule has 3 heterocycles. The highest BCUT2D eigenvalue weighted by atomic mass is 35.5. The maximum Gasteiger partial charge on any atom is 0.332 e. The highest BCUT2D eigenvalue weighted by Crippen LogP contribution is 2.22. The van der Waals surface area contributed by atoms with E-state index in [1.165, 1.54) is 17.9 Å². The molecule has 0 aliphatic heterocycles. The van der Waals surface area contributed by atoms with Gasteiger partial charge in [0.05, 0.1) is 12.5 Å². The first-order chi connectivity index (χ1) is 12.5. The normalized spacial score (nSPS) is 11.3. The number of halogens is 1. The van der Waals surface area contributed by atoms with E-state index in [0.29, 0.717) is 27.8 Å². The van der Waals surface area contributed by atoms with Crippen LogP contribution in [0.15, 0.2) is 50.8 Å². The Hall–Kier alpha value is -3.13. The SMILES string of the molecule is Cn1c(=O)c2c(ncn2Cc2ncc(-c3ccc(Cl)cc3)o2)n(C)c1=O. The summed E-state index contributed by atoms with van der Waals surface area (Å²) in [6, 6.07) is 7.22. The van der Waals surface area contributed by atoms with E-state index in [2.05, 4.69) is 9.97 Å². The molecule has 0 aliphatic carbocycles. The van der Waals surface area contributed by atoms with Crippen molar-refractivity contribution in [2.24, 2.45) is 14.1 Å². The minimum Gasteiger partial charge on any atom is -0.439 e. The average molecular weight is 372 g/mol. The first-order valence-corrected chi connectivity index (χ1v) is 8.15. The Bertz CT molecular complexity index is 1230. The zero-order valence-corrected chi connectivity index (χ0v) is 14.8. The molecule has 0 N–H and O–H groups in total. The van der Waals surface area contributed by atoms with Crippen LogP contribution in [0.1, 0.15) is 5.89 Å². The highest BCUT2D eigenvalue weighted by Gasteiger charge is 2.16. The van der Waals surface area contributed by atoms with Crippen molar-refractivity contribution in [3.8, 4) is 11.3 Å². The third-order valence-electron chi connectivity index (χ3n) is 4.21. The van der Waals surface area contributed by atoms with E-state index < -0.39 is 11.2 Å². The van der Waals surface area contributed by atoms with Crippen molar-refractivity contribution in [1.29, 1.82) is 0 Å². The molecule has 8 nitrogen and oxygen atoms in total. The van der Waals surface area contributed by atoms with Crippen LogP contribution in [0.4, 0.5) is 0 Å². The number of hydrogen-bond acceptors (Lipinski definition) is 5. The summed E-state index contributed by atoms with van der Waals surface area (Å²) in [4.78, 5) is 32.9. The van der Waals surface area contributed by atoms with Gasteiger partial charge in [-0.15, -0.1) is 0 Å². The molecule has 0 bridgehead atoms. The van der Waals surface area contributed by atoms with E-state index in [-0.39, 0.29) is 6.54 Å². The lowest BCUT2D eigenvalue weighted by atomic mass is 10.2. The largest absolute Gasteiger partial charge is 0.439 e. The minimum absolute atomic E-state index is 0.220. The van der Waals surface area contributed by atoms with Crippen LogP contribution in [0.5, 0.6) is 0 Å². The van der Waals surface area contributed by atoms with Crippen molar-refractivity contribution in [3.63, 3.8) is 0 Å². The number of rotatable bonds is 3. The van der Waals surface area contributed by atoms with Crippen molar-refractivity contribution in [1.82, 2.24) is 23.7 Å². The topological polar surface area (TPSA) is 87.8 Å². The predicted octanol–water partition coefficient (Wildman–Crippen LogP) is 1.79. The molecular weight excluding hydrogens is 358 g/mol. The molecule has 0 aliphatic rings. The van der Waals surface area contributed by atoms with Gasteiger partial charge in [-0.05, 0) is 24.3 Å². The quantitative estimate of drug-likeness (QED) is 0.548. The molecule has 0 saturated carbocycles. The monoisotopic (exact) mass is 371 g/mol. The average Bonchev–Trinajstić information content (AvgIpc) is 3.26. The lowest BCUT2D eigenvalue weighted by Crippen LogP contribution is -2.37. The van der Waals surface area contributed by atoms with Gasteiger partial charge in [-0.2, -0.15) is 0 Å². The summed E-state index contributed by atoms with van der Waals surface area (Å²) in [5.74, 6) is 1.02. The number of oxazole rings is 1. The Kier molecular flexibility index (Phi) is 3.77. The molecule has 3 aromatic heterocycles. The fourth-order valence-corrected chi connectivity index (χ4v) is 2.92. The van der Waals surface area contributed by atoms with Gasteiger partial charge in [-0.3, -0.25) is 13.9 Å². The van der Waals surface area contributed by atoms with E-state index in [0.717, 1.165) is 10.1 Å². The highest BCUT2D eigenvalue weighted by molar-refractivity contribution is 6.30. The summed E-state index contributed by atoms with van der Waals surface area (Å²) >= 11 is 5.89. The molecule has 9 heteroatoms. The standard InChI is InChI=1S/C17H14ClN5O3/c1-21-15-14(16(24)22(2)17(21)25)23(9-20-15)8-13-19-7-12(26-13)10-3-5-11(18)6-4-10/h3-7,9H,8H2,1-2H3. The van der Waals surface area contributed by atoms with Crippen molar-refractivity contribution >= 4 is 22.8 Å². The third-order valence-corrected chi connectivity index (χ3v) is 4.46. The Morgan fingerprint density at radius 3 is 2.54 bits per heavy atom. The lowest BCUT2D eigenvalue weighted by Gasteiger charge is -2.05. The summed E-state index contributed by atoms with van der Waals surface area (Å²) in [6.45, 7) is 0.220. The van der Waals surface area contributed by atoms with Gasteiger partial charge in [0.25, 0.3) is 5.56 Å². The molecule has 0 saturated heterocycles. The summed E-state index contributed by atoms with van der Waals surface area (Å²) in [7, 11) is 3.01. The molecule has 0 spiro atoms. The summed E-state index contributed by atoms with van der Waals surface area (Å²) in [5, 5.41) is 0.639. The molecule has 132 valence electrons. The fourth-order valence-electron chi connectivity index (χ4n) is 2.79. The smallest absolute Gasteiger partial charge is 0.332 e. The number of imidazole rings is 1. The zero-order valence-electron chi connectivity index (χ0n) is 14.0. The Balaban J connectivity index is 1.74. The van der Waals surface area contributed by atoms with Crippen LogP contribution in [0.3, 0.4) is 0 Å². The number of hydrogen-bond donors (Lipinski definition) is 0. The molecule has 0 atom stereocenters. The maximum atomic E-state index is 12.5. The van der Waals surface area contributed by atoms with Gasteiger partial charge in [0.1, 0.15) is 6.54 Å². The van der Waals surface area contributed by atoms with E-state index in [1.807, 2.05) is 12.1 Å². The van der Waals surface area contributed by atoms with Crippen molar-refractivity contribution in [2.75, 3.05) is 0 Å². The van der Waals surface area contributed by atoms with Crippen LogP contribution >= 0.6 is 11.6 Å². The second-order valence-electron chi connectivity index (χ2n) is 5.88. The first-order valence-electron chi connectivity index (χ1n) is 7.77. The van der Waals surface area contributed by atoms with E-state index in [4.69, 9.17) is 16.0 Å². The number of nitrogens with zero attached hydrogens (tertiary/aromatic N) is 5. The van der Waals surface area contributed by atoms with Gasteiger partial charge in [0, 0.05) is 24.7 Å². The number of aromatic nitrogens is 5. The Morgan fingerprint density at radius 1 is 1.08 bits per heavy atom. The van der Waals surface area contributed by atoms with Crippen LogP contribution in [0.2, 0.25) is 5.02 Å². The van der Waals surface area contributed by atoms with Crippen molar-refractivity contribution in [2.45, 2.75) is 6.54 Å². The molecule has 4 aromatic rings. The Labute approximate surface area is 151 Å². The summed E-state index contributed by atoms with van der Waals surface area (Å²) in [5.41, 5.74) is 0.657. The molecule has 26 heavy (non-hydrogen) atoms. The van der Waals surface area contributed by atoms with Gasteiger partial charge in [0.2, 0.25) is 5.89 Å². The maximum absolute atomic E-state index is 12.5.